The summed E-state index contributed by atoms with van der Waals surface area (Å²) in [5, 5.41) is 0. The van der Waals surface area contributed by atoms with Gasteiger partial charge in [-0.1, -0.05) is 18.2 Å². The van der Waals surface area contributed by atoms with Crippen molar-refractivity contribution < 1.29 is 18.7 Å². The highest BCUT2D eigenvalue weighted by molar-refractivity contribution is 6.69. The van der Waals surface area contributed by atoms with Crippen LogP contribution >= 0.6 is 0 Å². The van der Waals surface area contributed by atoms with Crippen LogP contribution in [0.5, 0.6) is 5.75 Å². The lowest BCUT2D eigenvalue weighted by molar-refractivity contribution is -0.149. The maximum atomic E-state index is 12.5. The van der Waals surface area contributed by atoms with Gasteiger partial charge in [0.1, 0.15) is 11.2 Å². The van der Waals surface area contributed by atoms with E-state index >= 15 is 0 Å². The zero-order chi connectivity index (χ0) is 17.3. The molecule has 0 saturated heterocycles. The van der Waals surface area contributed by atoms with Gasteiger partial charge in [0, 0.05) is 0 Å². The fourth-order valence-corrected chi connectivity index (χ4v) is 4.69. The summed E-state index contributed by atoms with van der Waals surface area (Å²) < 4.78 is 16.7. The highest BCUT2D eigenvalue weighted by Gasteiger charge is 2.73. The van der Waals surface area contributed by atoms with E-state index in [0.29, 0.717) is 12.8 Å². The summed E-state index contributed by atoms with van der Waals surface area (Å²) in [4.78, 5) is 12.5. The Morgan fingerprint density at radius 3 is 2.57 bits per heavy atom. The SMILES string of the molecule is C=C[C@]1(O[Si](C)(C)C)C[C@]1(Cc1cccc(OC)c1)C(=O)OC. The van der Waals surface area contributed by atoms with Crippen LogP contribution in [0.2, 0.25) is 19.6 Å². The molecule has 0 bridgehead atoms. The molecule has 5 heteroatoms. The second kappa shape index (κ2) is 6.13. The molecule has 0 aromatic heterocycles. The first-order valence-electron chi connectivity index (χ1n) is 7.77. The van der Waals surface area contributed by atoms with Gasteiger partial charge in [-0.05, 0) is 50.2 Å². The lowest BCUT2D eigenvalue weighted by Gasteiger charge is -2.29. The van der Waals surface area contributed by atoms with Crippen molar-refractivity contribution in [1.29, 1.82) is 0 Å². The second-order valence-electron chi connectivity index (χ2n) is 7.09. The van der Waals surface area contributed by atoms with Gasteiger partial charge in [-0.15, -0.1) is 6.58 Å². The molecule has 0 radical (unpaired) electrons. The van der Waals surface area contributed by atoms with Crippen molar-refractivity contribution in [3.05, 3.63) is 42.5 Å². The average Bonchev–Trinajstić information content (AvgIpc) is 3.12. The molecule has 2 atom stereocenters. The van der Waals surface area contributed by atoms with E-state index in [-0.39, 0.29) is 5.97 Å². The van der Waals surface area contributed by atoms with E-state index in [1.54, 1.807) is 13.2 Å². The van der Waals surface area contributed by atoms with E-state index in [1.807, 2.05) is 24.3 Å². The number of methoxy groups -OCH3 is 2. The van der Waals surface area contributed by atoms with Gasteiger partial charge in [0.25, 0.3) is 0 Å². The third kappa shape index (κ3) is 3.35. The van der Waals surface area contributed by atoms with Crippen molar-refractivity contribution >= 4 is 14.3 Å². The van der Waals surface area contributed by atoms with E-state index in [0.717, 1.165) is 11.3 Å². The molecule has 0 heterocycles. The van der Waals surface area contributed by atoms with Crippen molar-refractivity contribution in [3.63, 3.8) is 0 Å². The van der Waals surface area contributed by atoms with E-state index in [1.165, 1.54) is 7.11 Å². The van der Waals surface area contributed by atoms with Gasteiger partial charge in [-0.2, -0.15) is 0 Å². The molecule has 2 rings (SSSR count). The predicted octanol–water partition coefficient (Wildman–Crippen LogP) is 3.58. The van der Waals surface area contributed by atoms with Crippen molar-refractivity contribution in [1.82, 2.24) is 0 Å². The number of rotatable bonds is 7. The summed E-state index contributed by atoms with van der Waals surface area (Å²) in [6.45, 7) is 10.3. The van der Waals surface area contributed by atoms with Crippen molar-refractivity contribution in [2.45, 2.75) is 38.1 Å². The van der Waals surface area contributed by atoms with Gasteiger partial charge in [-0.25, -0.2) is 0 Å². The summed E-state index contributed by atoms with van der Waals surface area (Å²) >= 11 is 0. The van der Waals surface area contributed by atoms with E-state index < -0.39 is 19.3 Å². The quantitative estimate of drug-likeness (QED) is 0.434. The molecule has 0 amide bonds. The molecule has 1 fully saturated rings. The first-order chi connectivity index (χ1) is 10.7. The summed E-state index contributed by atoms with van der Waals surface area (Å²) in [5.41, 5.74) is -0.304. The number of benzene rings is 1. The molecule has 1 aromatic carbocycles. The Balaban J connectivity index is 2.35. The van der Waals surface area contributed by atoms with E-state index in [4.69, 9.17) is 13.9 Å². The maximum absolute atomic E-state index is 12.5. The van der Waals surface area contributed by atoms with Crippen LogP contribution in [0, 0.1) is 5.41 Å². The molecule has 0 N–H and O–H groups in total. The molecule has 0 aliphatic heterocycles. The van der Waals surface area contributed by atoms with Gasteiger partial charge < -0.3 is 13.9 Å². The molecule has 0 unspecified atom stereocenters. The first kappa shape index (κ1) is 17.8. The molecule has 126 valence electrons. The summed E-state index contributed by atoms with van der Waals surface area (Å²) in [6.07, 6.45) is 2.94. The van der Waals surface area contributed by atoms with Crippen LogP contribution in [0.25, 0.3) is 0 Å². The smallest absolute Gasteiger partial charge is 0.315 e. The number of ether oxygens (including phenoxy) is 2. The predicted molar refractivity (Wildman–Crippen MR) is 93.1 cm³/mol. The normalized spacial score (nSPS) is 26.5. The maximum Gasteiger partial charge on any atom is 0.315 e. The zero-order valence-electron chi connectivity index (χ0n) is 14.6. The van der Waals surface area contributed by atoms with Crippen molar-refractivity contribution in [2.24, 2.45) is 5.41 Å². The van der Waals surface area contributed by atoms with Crippen LogP contribution < -0.4 is 4.74 Å². The van der Waals surface area contributed by atoms with Crippen LogP contribution in [0.1, 0.15) is 12.0 Å². The van der Waals surface area contributed by atoms with Gasteiger partial charge >= 0.3 is 5.97 Å². The summed E-state index contributed by atoms with van der Waals surface area (Å²) in [7, 11) is 1.22. The summed E-state index contributed by atoms with van der Waals surface area (Å²) in [6, 6.07) is 7.76. The van der Waals surface area contributed by atoms with Crippen LogP contribution in [0.15, 0.2) is 36.9 Å². The molecule has 1 saturated carbocycles. The van der Waals surface area contributed by atoms with E-state index in [2.05, 4.69) is 26.2 Å². The van der Waals surface area contributed by atoms with Gasteiger partial charge in [-0.3, -0.25) is 4.79 Å². The lowest BCUT2D eigenvalue weighted by atomic mass is 9.92. The topological polar surface area (TPSA) is 44.8 Å². The van der Waals surface area contributed by atoms with Crippen LogP contribution in [0.4, 0.5) is 0 Å². The Bertz CT molecular complexity index is 607. The molecule has 1 aliphatic rings. The number of carbonyl (C=O) groups is 1. The third-order valence-electron chi connectivity index (χ3n) is 4.28. The summed E-state index contributed by atoms with van der Waals surface area (Å²) in [5.74, 6) is 0.539. The number of hydrogen-bond donors (Lipinski definition) is 0. The molecular formula is C18H26O4Si. The molecular weight excluding hydrogens is 308 g/mol. The Morgan fingerprint density at radius 2 is 2.04 bits per heavy atom. The molecule has 1 aromatic rings. The Morgan fingerprint density at radius 1 is 1.35 bits per heavy atom. The standard InChI is InChI=1S/C18H26O4Si/c1-7-18(22-23(4,5)6)13-17(18,16(19)21-3)12-14-9-8-10-15(11-14)20-2/h7-11H,1,12-13H2,2-6H3/t17-,18+/m1/s1. The number of hydrogen-bond acceptors (Lipinski definition) is 4. The molecule has 1 aliphatic carbocycles. The van der Waals surface area contributed by atoms with Gasteiger partial charge in [0.05, 0.1) is 19.8 Å². The Labute approximate surface area is 139 Å². The van der Waals surface area contributed by atoms with E-state index in [9.17, 15) is 4.79 Å². The largest absolute Gasteiger partial charge is 0.497 e. The minimum absolute atomic E-state index is 0.238. The highest BCUT2D eigenvalue weighted by atomic mass is 28.4. The van der Waals surface area contributed by atoms with Crippen molar-refractivity contribution in [3.8, 4) is 5.75 Å². The highest BCUT2D eigenvalue weighted by Crippen LogP contribution is 2.63. The molecule has 23 heavy (non-hydrogen) atoms. The van der Waals surface area contributed by atoms with Crippen LogP contribution in [-0.4, -0.2) is 34.1 Å². The third-order valence-corrected chi connectivity index (χ3v) is 5.26. The van der Waals surface area contributed by atoms with Gasteiger partial charge in [0.15, 0.2) is 8.32 Å². The minimum atomic E-state index is -1.84. The molecule has 0 spiro atoms. The van der Waals surface area contributed by atoms with Gasteiger partial charge in [0.2, 0.25) is 0 Å². The number of esters is 1. The second-order valence-corrected chi connectivity index (χ2v) is 11.5. The Hall–Kier alpha value is -1.59. The first-order valence-corrected chi connectivity index (χ1v) is 11.2. The fourth-order valence-electron chi connectivity index (χ4n) is 3.25. The Kier molecular flexibility index (Phi) is 4.73. The monoisotopic (exact) mass is 334 g/mol. The zero-order valence-corrected chi connectivity index (χ0v) is 15.6. The fraction of sp³-hybridized carbons (Fsp3) is 0.500. The lowest BCUT2D eigenvalue weighted by Crippen LogP contribution is -2.39. The number of carbonyl (C=O) groups excluding carboxylic acids is 1. The van der Waals surface area contributed by atoms with Crippen LogP contribution in [-0.2, 0) is 20.4 Å². The molecule has 4 nitrogen and oxygen atoms in total. The van der Waals surface area contributed by atoms with Crippen molar-refractivity contribution in [2.75, 3.05) is 14.2 Å². The van der Waals surface area contributed by atoms with Crippen LogP contribution in [0.3, 0.4) is 0 Å². The minimum Gasteiger partial charge on any atom is -0.497 e. The average molecular weight is 334 g/mol.